The molecule has 2 N–H and O–H groups in total. The van der Waals surface area contributed by atoms with Crippen LogP contribution in [0, 0.1) is 12.8 Å². The third-order valence-corrected chi connectivity index (χ3v) is 2.04. The summed E-state index contributed by atoms with van der Waals surface area (Å²) in [6.07, 6.45) is 0.966. The maximum Gasteiger partial charge on any atom is 0.126 e. The first-order chi connectivity index (χ1) is 5.52. The highest BCUT2D eigenvalue weighted by Gasteiger charge is 2.09. The number of anilines is 1. The second kappa shape index (κ2) is 3.17. The molecule has 0 aliphatic rings. The van der Waals surface area contributed by atoms with Crippen molar-refractivity contribution in [1.29, 1.82) is 0 Å². The fourth-order valence-corrected chi connectivity index (χ4v) is 1.23. The summed E-state index contributed by atoms with van der Waals surface area (Å²) >= 11 is 0. The molecule has 0 saturated heterocycles. The first-order valence-corrected chi connectivity index (χ1v) is 4.30. The Morgan fingerprint density at radius 2 is 2.08 bits per heavy atom. The number of nitrogens with two attached hydrogens (primary N) is 1. The smallest absolute Gasteiger partial charge is 0.126 e. The van der Waals surface area contributed by atoms with E-state index in [4.69, 9.17) is 5.73 Å². The lowest BCUT2D eigenvalue weighted by molar-refractivity contribution is 0.638. The maximum absolute atomic E-state index is 5.85. The summed E-state index contributed by atoms with van der Waals surface area (Å²) in [5.41, 5.74) is 6.88. The van der Waals surface area contributed by atoms with Gasteiger partial charge >= 0.3 is 0 Å². The van der Waals surface area contributed by atoms with Gasteiger partial charge in [0, 0.05) is 7.05 Å². The van der Waals surface area contributed by atoms with Gasteiger partial charge in [-0.05, 0) is 19.3 Å². The average Bonchev–Trinajstić information content (AvgIpc) is 2.17. The topological polar surface area (TPSA) is 43.8 Å². The van der Waals surface area contributed by atoms with E-state index in [0.29, 0.717) is 5.92 Å². The van der Waals surface area contributed by atoms with Crippen LogP contribution in [0.15, 0.2) is 0 Å². The number of nitrogen functional groups attached to an aromatic ring is 1. The van der Waals surface area contributed by atoms with Crippen LogP contribution in [0.4, 0.5) is 5.82 Å². The zero-order valence-electron chi connectivity index (χ0n) is 8.26. The summed E-state index contributed by atoms with van der Waals surface area (Å²) in [6, 6.07) is 0. The predicted octanol–water partition coefficient (Wildman–Crippen LogP) is 1.51. The highest BCUT2D eigenvalue weighted by atomic mass is 15.1. The van der Waals surface area contributed by atoms with Gasteiger partial charge in [0.15, 0.2) is 0 Å². The normalized spacial score (nSPS) is 11.1. The van der Waals surface area contributed by atoms with Crippen LogP contribution in [0.2, 0.25) is 0 Å². The average molecular weight is 167 g/mol. The molecule has 0 atom stereocenters. The minimum absolute atomic E-state index is 0.613. The van der Waals surface area contributed by atoms with Crippen LogP contribution in [0.3, 0.4) is 0 Å². The largest absolute Gasteiger partial charge is 0.384 e. The SMILES string of the molecule is Cc1nc(CC(C)C)c(N)n1C. The van der Waals surface area contributed by atoms with E-state index in [1.807, 2.05) is 18.5 Å². The quantitative estimate of drug-likeness (QED) is 0.725. The van der Waals surface area contributed by atoms with E-state index in [0.717, 1.165) is 23.8 Å². The zero-order valence-corrected chi connectivity index (χ0v) is 8.26. The molecule has 1 aromatic rings. The summed E-state index contributed by atoms with van der Waals surface area (Å²) in [5, 5.41) is 0. The molecule has 0 unspecified atom stereocenters. The highest BCUT2D eigenvalue weighted by Crippen LogP contribution is 2.15. The molecule has 0 bridgehead atoms. The Morgan fingerprint density at radius 1 is 1.50 bits per heavy atom. The lowest BCUT2D eigenvalue weighted by Crippen LogP contribution is -2.01. The summed E-state index contributed by atoms with van der Waals surface area (Å²) < 4.78 is 1.93. The summed E-state index contributed by atoms with van der Waals surface area (Å²) in [6.45, 7) is 6.31. The van der Waals surface area contributed by atoms with Crippen LogP contribution in [-0.4, -0.2) is 9.55 Å². The van der Waals surface area contributed by atoms with Crippen LogP contribution in [0.1, 0.15) is 25.4 Å². The van der Waals surface area contributed by atoms with Crippen molar-refractivity contribution >= 4 is 5.82 Å². The molecule has 0 fully saturated rings. The number of hydrogen-bond acceptors (Lipinski definition) is 2. The first-order valence-electron chi connectivity index (χ1n) is 4.30. The molecule has 0 aliphatic heterocycles. The number of aryl methyl sites for hydroxylation is 1. The van der Waals surface area contributed by atoms with Gasteiger partial charge in [-0.15, -0.1) is 0 Å². The number of nitrogens with zero attached hydrogens (tertiary/aromatic N) is 2. The van der Waals surface area contributed by atoms with Crippen molar-refractivity contribution in [2.45, 2.75) is 27.2 Å². The molecule has 3 heteroatoms. The predicted molar refractivity (Wildman–Crippen MR) is 50.9 cm³/mol. The van der Waals surface area contributed by atoms with Crippen LogP contribution >= 0.6 is 0 Å². The lowest BCUT2D eigenvalue weighted by Gasteiger charge is -2.02. The molecule has 1 aromatic heterocycles. The van der Waals surface area contributed by atoms with E-state index in [-0.39, 0.29) is 0 Å². The van der Waals surface area contributed by atoms with Gasteiger partial charge in [0.2, 0.25) is 0 Å². The molecule has 0 saturated carbocycles. The first kappa shape index (κ1) is 9.10. The van der Waals surface area contributed by atoms with Crippen molar-refractivity contribution in [3.8, 4) is 0 Å². The molecule has 0 spiro atoms. The van der Waals surface area contributed by atoms with Crippen molar-refractivity contribution in [3.05, 3.63) is 11.5 Å². The van der Waals surface area contributed by atoms with Gasteiger partial charge < -0.3 is 10.3 Å². The van der Waals surface area contributed by atoms with E-state index >= 15 is 0 Å². The molecule has 3 nitrogen and oxygen atoms in total. The number of imidazole rings is 1. The molecule has 1 rings (SSSR count). The number of rotatable bonds is 2. The molecular weight excluding hydrogens is 150 g/mol. The van der Waals surface area contributed by atoms with E-state index in [1.165, 1.54) is 0 Å². The molecule has 0 aliphatic carbocycles. The van der Waals surface area contributed by atoms with Crippen molar-refractivity contribution in [3.63, 3.8) is 0 Å². The van der Waals surface area contributed by atoms with Gasteiger partial charge in [-0.25, -0.2) is 4.98 Å². The fraction of sp³-hybridized carbons (Fsp3) is 0.667. The Labute approximate surface area is 73.6 Å². The number of hydrogen-bond donors (Lipinski definition) is 1. The molecule has 12 heavy (non-hydrogen) atoms. The van der Waals surface area contributed by atoms with E-state index in [9.17, 15) is 0 Å². The second-order valence-electron chi connectivity index (χ2n) is 3.65. The Bertz CT molecular complexity index is 274. The van der Waals surface area contributed by atoms with Gasteiger partial charge in [-0.1, -0.05) is 13.8 Å². The van der Waals surface area contributed by atoms with E-state index in [1.54, 1.807) is 0 Å². The highest BCUT2D eigenvalue weighted by molar-refractivity contribution is 5.37. The Morgan fingerprint density at radius 3 is 2.42 bits per heavy atom. The minimum atomic E-state index is 0.613. The third kappa shape index (κ3) is 1.60. The lowest BCUT2D eigenvalue weighted by atomic mass is 10.1. The van der Waals surface area contributed by atoms with Crippen molar-refractivity contribution in [1.82, 2.24) is 9.55 Å². The second-order valence-corrected chi connectivity index (χ2v) is 3.65. The minimum Gasteiger partial charge on any atom is -0.384 e. The Balaban J connectivity index is 2.93. The zero-order chi connectivity index (χ0) is 9.30. The third-order valence-electron chi connectivity index (χ3n) is 2.04. The van der Waals surface area contributed by atoms with Crippen LogP contribution in [0.5, 0.6) is 0 Å². The molecule has 68 valence electrons. The van der Waals surface area contributed by atoms with Gasteiger partial charge in [0.05, 0.1) is 5.69 Å². The number of aromatic nitrogens is 2. The molecular formula is C9H17N3. The van der Waals surface area contributed by atoms with Crippen LogP contribution < -0.4 is 5.73 Å². The van der Waals surface area contributed by atoms with Crippen molar-refractivity contribution < 1.29 is 0 Å². The standard InChI is InChI=1S/C9H17N3/c1-6(2)5-8-9(10)12(4)7(3)11-8/h6H,5,10H2,1-4H3. The van der Waals surface area contributed by atoms with E-state index in [2.05, 4.69) is 18.8 Å². The Kier molecular flexibility index (Phi) is 2.40. The van der Waals surface area contributed by atoms with Gasteiger partial charge in [-0.2, -0.15) is 0 Å². The van der Waals surface area contributed by atoms with Gasteiger partial charge in [-0.3, -0.25) is 0 Å². The summed E-state index contributed by atoms with van der Waals surface area (Å²) in [4.78, 5) is 4.39. The Hall–Kier alpha value is -0.990. The fourth-order valence-electron chi connectivity index (χ4n) is 1.23. The van der Waals surface area contributed by atoms with E-state index < -0.39 is 0 Å². The monoisotopic (exact) mass is 167 g/mol. The van der Waals surface area contributed by atoms with Crippen LogP contribution in [0.25, 0.3) is 0 Å². The molecule has 0 aromatic carbocycles. The summed E-state index contributed by atoms with van der Waals surface area (Å²) in [7, 11) is 1.95. The van der Waals surface area contributed by atoms with Gasteiger partial charge in [0.25, 0.3) is 0 Å². The van der Waals surface area contributed by atoms with Crippen molar-refractivity contribution in [2.24, 2.45) is 13.0 Å². The molecule has 0 radical (unpaired) electrons. The van der Waals surface area contributed by atoms with Crippen molar-refractivity contribution in [2.75, 3.05) is 5.73 Å². The molecule has 1 heterocycles. The molecule has 0 amide bonds. The van der Waals surface area contributed by atoms with Gasteiger partial charge in [0.1, 0.15) is 11.6 Å². The van der Waals surface area contributed by atoms with Crippen LogP contribution in [-0.2, 0) is 13.5 Å². The maximum atomic E-state index is 5.85. The summed E-state index contributed by atoms with van der Waals surface area (Å²) in [5.74, 6) is 2.41.